The van der Waals surface area contributed by atoms with Crippen LogP contribution in [-0.4, -0.2) is 31.0 Å². The van der Waals surface area contributed by atoms with Crippen LogP contribution in [0.25, 0.3) is 0 Å². The topological polar surface area (TPSA) is 45.1 Å². The summed E-state index contributed by atoms with van der Waals surface area (Å²) in [5.41, 5.74) is 4.10. The zero-order chi connectivity index (χ0) is 18.2. The van der Waals surface area contributed by atoms with Gasteiger partial charge in [-0.25, -0.2) is 0 Å². The molecule has 2 aromatic carbocycles. The zero-order valence-corrected chi connectivity index (χ0v) is 15.6. The molecule has 2 aromatic rings. The number of benzene rings is 2. The Hall–Kier alpha value is -2.49. The summed E-state index contributed by atoms with van der Waals surface area (Å²) in [5, 5.41) is 9.89. The van der Waals surface area contributed by atoms with E-state index in [1.807, 2.05) is 6.07 Å². The number of hydrogen-bond acceptors (Lipinski definition) is 4. The minimum atomic E-state index is 0.114. The number of phenols is 1. The van der Waals surface area contributed by atoms with Gasteiger partial charge in [0.15, 0.2) is 0 Å². The summed E-state index contributed by atoms with van der Waals surface area (Å²) in [6.07, 6.45) is 2.86. The zero-order valence-electron chi connectivity index (χ0n) is 15.6. The fourth-order valence-corrected chi connectivity index (χ4v) is 3.60. The van der Waals surface area contributed by atoms with E-state index in [0.29, 0.717) is 11.6 Å². The number of anilines is 1. The molecule has 0 radical (unpaired) electrons. The van der Waals surface area contributed by atoms with Crippen molar-refractivity contribution in [3.8, 4) is 11.5 Å². The molecule has 3 rings (SSSR count). The largest absolute Gasteiger partial charge is 0.506 e. The predicted octanol–water partition coefficient (Wildman–Crippen LogP) is 4.87. The number of hydrogen-bond donors (Lipinski definition) is 1. The molecule has 1 atom stereocenters. The second kappa shape index (κ2) is 6.43. The number of ether oxygens (including phenoxy) is 1. The molecule has 0 amide bonds. The van der Waals surface area contributed by atoms with Gasteiger partial charge in [-0.05, 0) is 49.9 Å². The Morgan fingerprint density at radius 3 is 2.68 bits per heavy atom. The Kier molecular flexibility index (Phi) is 4.46. The molecule has 1 unspecified atom stereocenters. The van der Waals surface area contributed by atoms with E-state index in [-0.39, 0.29) is 11.3 Å². The van der Waals surface area contributed by atoms with E-state index in [9.17, 15) is 5.11 Å². The summed E-state index contributed by atoms with van der Waals surface area (Å²) in [6, 6.07) is 11.3. The van der Waals surface area contributed by atoms with E-state index < -0.39 is 0 Å². The van der Waals surface area contributed by atoms with E-state index in [1.54, 1.807) is 31.5 Å². The van der Waals surface area contributed by atoms with Gasteiger partial charge in [0.2, 0.25) is 0 Å². The summed E-state index contributed by atoms with van der Waals surface area (Å²) in [6.45, 7) is 6.81. The molecule has 4 nitrogen and oxygen atoms in total. The molecule has 1 aliphatic heterocycles. The van der Waals surface area contributed by atoms with E-state index in [4.69, 9.17) is 4.74 Å². The summed E-state index contributed by atoms with van der Waals surface area (Å²) < 4.78 is 5.60. The lowest BCUT2D eigenvalue weighted by molar-refractivity contribution is 0.389. The van der Waals surface area contributed by atoms with Crippen molar-refractivity contribution < 1.29 is 9.84 Å². The second-order valence-electron chi connectivity index (χ2n) is 7.38. The van der Waals surface area contributed by atoms with Crippen molar-refractivity contribution >= 4 is 17.6 Å². The third-order valence-electron chi connectivity index (χ3n) is 5.21. The lowest BCUT2D eigenvalue weighted by atomic mass is 9.80. The Morgan fingerprint density at radius 1 is 1.28 bits per heavy atom. The molecule has 0 spiro atoms. The van der Waals surface area contributed by atoms with Crippen LogP contribution in [0, 0.1) is 0 Å². The summed E-state index contributed by atoms with van der Waals surface area (Å²) in [5.74, 6) is 1.42. The highest BCUT2D eigenvalue weighted by Gasteiger charge is 2.34. The number of aromatic hydroxyl groups is 1. The number of phenolic OH excluding ortho intramolecular Hbond substituents is 1. The van der Waals surface area contributed by atoms with Crippen molar-refractivity contribution in [2.24, 2.45) is 4.99 Å². The Labute approximate surface area is 149 Å². The van der Waals surface area contributed by atoms with Crippen LogP contribution in [0.5, 0.6) is 11.5 Å². The van der Waals surface area contributed by atoms with E-state index >= 15 is 0 Å². The number of para-hydroxylation sites is 2. The fourth-order valence-electron chi connectivity index (χ4n) is 3.60. The molecule has 0 fully saturated rings. The Balaban J connectivity index is 2.05. The number of methoxy groups -OCH3 is 1. The van der Waals surface area contributed by atoms with Gasteiger partial charge in [0, 0.05) is 36.1 Å². The first-order chi connectivity index (χ1) is 11.8. The summed E-state index contributed by atoms with van der Waals surface area (Å²) >= 11 is 0. The van der Waals surface area contributed by atoms with Gasteiger partial charge in [-0.2, -0.15) is 0 Å². The number of fused-ring (bicyclic) bond motifs is 1. The molecule has 1 heterocycles. The van der Waals surface area contributed by atoms with Crippen molar-refractivity contribution in [1.82, 2.24) is 0 Å². The molecule has 0 aliphatic carbocycles. The number of aliphatic imine (C=N–C) groups is 1. The minimum absolute atomic E-state index is 0.114. The molecule has 0 bridgehead atoms. The SMILES string of the molecule is COc1cc2c(cc1C=Nc1ccccc1O)C(C)CC(C)(C)N2C. The third-order valence-corrected chi connectivity index (χ3v) is 5.21. The van der Waals surface area contributed by atoms with Crippen LogP contribution < -0.4 is 9.64 Å². The molecule has 25 heavy (non-hydrogen) atoms. The molecular weight excluding hydrogens is 312 g/mol. The first kappa shape index (κ1) is 17.3. The van der Waals surface area contributed by atoms with Crippen LogP contribution >= 0.6 is 0 Å². The van der Waals surface area contributed by atoms with Crippen LogP contribution in [0.2, 0.25) is 0 Å². The first-order valence-corrected chi connectivity index (χ1v) is 8.61. The average Bonchev–Trinajstić information content (AvgIpc) is 2.58. The predicted molar refractivity (Wildman–Crippen MR) is 104 cm³/mol. The first-order valence-electron chi connectivity index (χ1n) is 8.61. The van der Waals surface area contributed by atoms with Gasteiger partial charge in [0.25, 0.3) is 0 Å². The van der Waals surface area contributed by atoms with Crippen LogP contribution in [0.1, 0.15) is 44.2 Å². The molecule has 1 N–H and O–H groups in total. The Bertz CT molecular complexity index is 812. The highest BCUT2D eigenvalue weighted by molar-refractivity contribution is 5.88. The molecule has 0 saturated heterocycles. The van der Waals surface area contributed by atoms with Crippen molar-refractivity contribution in [2.75, 3.05) is 19.1 Å². The van der Waals surface area contributed by atoms with Gasteiger partial charge >= 0.3 is 0 Å². The van der Waals surface area contributed by atoms with Gasteiger partial charge in [-0.3, -0.25) is 4.99 Å². The van der Waals surface area contributed by atoms with Crippen LogP contribution in [0.4, 0.5) is 11.4 Å². The fraction of sp³-hybridized carbons (Fsp3) is 0.381. The standard InChI is InChI=1S/C21H26N2O2/c1-14-12-21(2,3)23(4)18-11-20(25-5)15(10-16(14)18)13-22-17-8-6-7-9-19(17)24/h6-11,13-14,24H,12H2,1-5H3. The maximum Gasteiger partial charge on any atom is 0.141 e. The van der Waals surface area contributed by atoms with Gasteiger partial charge in [0.05, 0.1) is 7.11 Å². The lowest BCUT2D eigenvalue weighted by Gasteiger charge is -2.45. The van der Waals surface area contributed by atoms with Gasteiger partial charge < -0.3 is 14.7 Å². The van der Waals surface area contributed by atoms with E-state index in [2.05, 4.69) is 49.8 Å². The van der Waals surface area contributed by atoms with Crippen LogP contribution in [0.15, 0.2) is 41.4 Å². The van der Waals surface area contributed by atoms with E-state index in [1.165, 1.54) is 11.3 Å². The maximum atomic E-state index is 9.89. The molecule has 0 aromatic heterocycles. The smallest absolute Gasteiger partial charge is 0.141 e. The highest BCUT2D eigenvalue weighted by atomic mass is 16.5. The maximum absolute atomic E-state index is 9.89. The van der Waals surface area contributed by atoms with Crippen molar-refractivity contribution in [3.63, 3.8) is 0 Å². The van der Waals surface area contributed by atoms with Crippen LogP contribution in [-0.2, 0) is 0 Å². The van der Waals surface area contributed by atoms with Gasteiger partial charge in [-0.1, -0.05) is 19.1 Å². The van der Waals surface area contributed by atoms with Gasteiger partial charge in [-0.15, -0.1) is 0 Å². The van der Waals surface area contributed by atoms with Crippen LogP contribution in [0.3, 0.4) is 0 Å². The number of rotatable bonds is 3. The van der Waals surface area contributed by atoms with E-state index in [0.717, 1.165) is 17.7 Å². The Morgan fingerprint density at radius 2 is 2.00 bits per heavy atom. The average molecular weight is 338 g/mol. The highest BCUT2D eigenvalue weighted by Crippen LogP contribution is 2.44. The summed E-state index contributed by atoms with van der Waals surface area (Å²) in [4.78, 5) is 6.77. The second-order valence-corrected chi connectivity index (χ2v) is 7.38. The third kappa shape index (κ3) is 3.21. The number of nitrogens with zero attached hydrogens (tertiary/aromatic N) is 2. The molecule has 1 aliphatic rings. The normalized spacial score (nSPS) is 19.1. The van der Waals surface area contributed by atoms with Gasteiger partial charge in [0.1, 0.15) is 17.2 Å². The quantitative estimate of drug-likeness (QED) is 0.812. The van der Waals surface area contributed by atoms with Crippen molar-refractivity contribution in [1.29, 1.82) is 0 Å². The lowest BCUT2D eigenvalue weighted by Crippen LogP contribution is -2.45. The molecule has 132 valence electrons. The monoisotopic (exact) mass is 338 g/mol. The van der Waals surface area contributed by atoms with Crippen molar-refractivity contribution in [2.45, 2.75) is 38.6 Å². The summed E-state index contributed by atoms with van der Waals surface area (Å²) in [7, 11) is 3.82. The molecule has 4 heteroatoms. The molecular formula is C21H26N2O2. The minimum Gasteiger partial charge on any atom is -0.506 e. The van der Waals surface area contributed by atoms with Crippen molar-refractivity contribution in [3.05, 3.63) is 47.5 Å². The molecule has 0 saturated carbocycles.